The van der Waals surface area contributed by atoms with E-state index in [-0.39, 0.29) is 0 Å². The molecular weight excluding hydrogens is 388 g/mol. The van der Waals surface area contributed by atoms with Gasteiger partial charge in [-0.2, -0.15) is 0 Å². The number of nitrogens with zero attached hydrogens (tertiary/aromatic N) is 2. The van der Waals surface area contributed by atoms with Gasteiger partial charge in [0.05, 0.1) is 11.2 Å². The van der Waals surface area contributed by atoms with Crippen LogP contribution in [0.1, 0.15) is 0 Å². The average Bonchev–Trinajstić information content (AvgIpc) is 2.89. The number of hydrogen-bond acceptors (Lipinski definition) is 2. The molecule has 2 nitrogen and oxygen atoms in total. The second-order valence-electron chi connectivity index (χ2n) is 7.89. The van der Waals surface area contributed by atoms with Crippen LogP contribution in [0.4, 0.5) is 0 Å². The van der Waals surface area contributed by atoms with Crippen molar-refractivity contribution < 1.29 is 0 Å². The van der Waals surface area contributed by atoms with E-state index in [1.54, 1.807) is 0 Å². The van der Waals surface area contributed by atoms with Crippen molar-refractivity contribution in [3.05, 3.63) is 121 Å². The molecule has 0 saturated heterocycles. The van der Waals surface area contributed by atoms with Gasteiger partial charge in [0.15, 0.2) is 5.82 Å². The lowest BCUT2D eigenvalue weighted by molar-refractivity contribution is 1.23. The quantitative estimate of drug-likeness (QED) is 0.279. The summed E-state index contributed by atoms with van der Waals surface area (Å²) in [6.45, 7) is 0. The lowest BCUT2D eigenvalue weighted by Gasteiger charge is -2.12. The van der Waals surface area contributed by atoms with Gasteiger partial charge < -0.3 is 0 Å². The fourth-order valence-corrected chi connectivity index (χ4v) is 4.28. The van der Waals surface area contributed by atoms with Gasteiger partial charge in [0.2, 0.25) is 0 Å². The number of hydrogen-bond donors (Lipinski definition) is 0. The third-order valence-electron chi connectivity index (χ3n) is 5.87. The van der Waals surface area contributed by atoms with E-state index in [1.165, 1.54) is 10.9 Å². The third-order valence-corrected chi connectivity index (χ3v) is 5.87. The molecule has 0 unspecified atom stereocenters. The predicted octanol–water partition coefficient (Wildman–Crippen LogP) is 7.78. The van der Waals surface area contributed by atoms with E-state index < -0.39 is 0 Å². The predicted molar refractivity (Wildman–Crippen MR) is 133 cm³/mol. The standard InChI is InChI=1S/C30H20N2/c1-3-10-21(11-4-1)24-15-9-16-25(20-24)30-31-28(23-13-5-2-6-14-23)27-19-18-22-12-7-8-17-26(22)29(27)32-30/h1-20H. The summed E-state index contributed by atoms with van der Waals surface area (Å²) in [5, 5.41) is 3.39. The summed E-state index contributed by atoms with van der Waals surface area (Å²) in [5.41, 5.74) is 6.39. The van der Waals surface area contributed by atoms with Crippen molar-refractivity contribution in [1.29, 1.82) is 0 Å². The highest BCUT2D eigenvalue weighted by Gasteiger charge is 2.14. The summed E-state index contributed by atoms with van der Waals surface area (Å²) in [5.74, 6) is 0.741. The van der Waals surface area contributed by atoms with Crippen LogP contribution < -0.4 is 0 Å². The van der Waals surface area contributed by atoms with E-state index in [0.29, 0.717) is 0 Å². The Morgan fingerprint density at radius 3 is 1.88 bits per heavy atom. The topological polar surface area (TPSA) is 25.8 Å². The minimum atomic E-state index is 0.741. The van der Waals surface area contributed by atoms with Crippen LogP contribution >= 0.6 is 0 Å². The molecule has 0 amide bonds. The maximum Gasteiger partial charge on any atom is 0.160 e. The Kier molecular flexibility index (Phi) is 4.47. The first-order chi connectivity index (χ1) is 15.9. The molecule has 1 heterocycles. The molecule has 2 heteroatoms. The van der Waals surface area contributed by atoms with Gasteiger partial charge in [0.1, 0.15) is 0 Å². The molecule has 0 atom stereocenters. The van der Waals surface area contributed by atoms with Crippen LogP contribution in [-0.4, -0.2) is 9.97 Å². The molecule has 150 valence electrons. The van der Waals surface area contributed by atoms with E-state index in [9.17, 15) is 0 Å². The monoisotopic (exact) mass is 408 g/mol. The fraction of sp³-hybridized carbons (Fsp3) is 0. The van der Waals surface area contributed by atoms with Crippen LogP contribution in [0.15, 0.2) is 121 Å². The van der Waals surface area contributed by atoms with Gasteiger partial charge in [-0.05, 0) is 28.6 Å². The second kappa shape index (κ2) is 7.75. The summed E-state index contributed by atoms with van der Waals surface area (Å²) in [6, 6.07) is 42.0. The number of aromatic nitrogens is 2. The summed E-state index contributed by atoms with van der Waals surface area (Å²) in [6.07, 6.45) is 0. The molecule has 0 N–H and O–H groups in total. The Morgan fingerprint density at radius 1 is 0.406 bits per heavy atom. The van der Waals surface area contributed by atoms with Crippen LogP contribution in [0.5, 0.6) is 0 Å². The van der Waals surface area contributed by atoms with Crippen molar-refractivity contribution in [1.82, 2.24) is 9.97 Å². The highest BCUT2D eigenvalue weighted by Crippen LogP contribution is 2.34. The molecule has 6 aromatic rings. The van der Waals surface area contributed by atoms with Crippen LogP contribution in [0.3, 0.4) is 0 Å². The van der Waals surface area contributed by atoms with Gasteiger partial charge >= 0.3 is 0 Å². The summed E-state index contributed by atoms with van der Waals surface area (Å²) in [7, 11) is 0. The molecule has 5 aromatic carbocycles. The molecule has 0 fully saturated rings. The zero-order valence-electron chi connectivity index (χ0n) is 17.4. The van der Waals surface area contributed by atoms with Crippen molar-refractivity contribution in [2.24, 2.45) is 0 Å². The minimum Gasteiger partial charge on any atom is -0.227 e. The maximum absolute atomic E-state index is 5.08. The fourth-order valence-electron chi connectivity index (χ4n) is 4.28. The van der Waals surface area contributed by atoms with Crippen molar-refractivity contribution >= 4 is 21.7 Å². The Labute approximate surface area is 186 Å². The van der Waals surface area contributed by atoms with E-state index in [0.717, 1.165) is 44.5 Å². The highest BCUT2D eigenvalue weighted by atomic mass is 14.9. The normalized spacial score (nSPS) is 11.1. The van der Waals surface area contributed by atoms with Crippen LogP contribution in [0.25, 0.3) is 55.4 Å². The molecule has 6 rings (SSSR count). The lowest BCUT2D eigenvalue weighted by atomic mass is 10.0. The molecule has 1 aromatic heterocycles. The number of benzene rings is 5. The first-order valence-electron chi connectivity index (χ1n) is 10.8. The zero-order chi connectivity index (χ0) is 21.3. The molecule has 0 aliphatic heterocycles. The van der Waals surface area contributed by atoms with Gasteiger partial charge in [-0.3, -0.25) is 0 Å². The average molecular weight is 409 g/mol. The molecular formula is C30H20N2. The zero-order valence-corrected chi connectivity index (χ0v) is 17.4. The van der Waals surface area contributed by atoms with Crippen molar-refractivity contribution in [2.75, 3.05) is 0 Å². The summed E-state index contributed by atoms with van der Waals surface area (Å²) >= 11 is 0. The van der Waals surface area contributed by atoms with Gasteiger partial charge in [0, 0.05) is 21.9 Å². The summed E-state index contributed by atoms with van der Waals surface area (Å²) < 4.78 is 0. The Balaban J connectivity index is 1.64. The Morgan fingerprint density at radius 2 is 1.06 bits per heavy atom. The van der Waals surface area contributed by atoms with Crippen LogP contribution in [0.2, 0.25) is 0 Å². The molecule has 0 radical (unpaired) electrons. The third kappa shape index (κ3) is 3.23. The Bertz CT molecular complexity index is 1550. The Hall–Kier alpha value is -4.30. The van der Waals surface area contributed by atoms with Crippen LogP contribution in [0, 0.1) is 0 Å². The van der Waals surface area contributed by atoms with Gasteiger partial charge in [-0.1, -0.05) is 109 Å². The summed E-state index contributed by atoms with van der Waals surface area (Å²) in [4.78, 5) is 10.2. The van der Waals surface area contributed by atoms with E-state index >= 15 is 0 Å². The number of rotatable bonds is 3. The van der Waals surface area contributed by atoms with E-state index in [2.05, 4.69) is 109 Å². The van der Waals surface area contributed by atoms with Gasteiger partial charge in [0.25, 0.3) is 0 Å². The first kappa shape index (κ1) is 18.5. The smallest absolute Gasteiger partial charge is 0.160 e. The largest absolute Gasteiger partial charge is 0.227 e. The molecule has 0 saturated carbocycles. The number of fused-ring (bicyclic) bond motifs is 3. The molecule has 0 aliphatic rings. The SMILES string of the molecule is c1ccc(-c2cccc(-c3nc(-c4ccccc4)c4ccc5ccccc5c4n3)c2)cc1. The lowest BCUT2D eigenvalue weighted by Crippen LogP contribution is -1.96. The van der Waals surface area contributed by atoms with Crippen molar-refractivity contribution in [3.8, 4) is 33.8 Å². The maximum atomic E-state index is 5.08. The highest BCUT2D eigenvalue weighted by molar-refractivity contribution is 6.09. The second-order valence-corrected chi connectivity index (χ2v) is 7.89. The van der Waals surface area contributed by atoms with Crippen molar-refractivity contribution in [3.63, 3.8) is 0 Å². The van der Waals surface area contributed by atoms with E-state index in [1.807, 2.05) is 12.1 Å². The van der Waals surface area contributed by atoms with Gasteiger partial charge in [-0.25, -0.2) is 9.97 Å². The van der Waals surface area contributed by atoms with Crippen LogP contribution in [-0.2, 0) is 0 Å². The molecule has 32 heavy (non-hydrogen) atoms. The first-order valence-corrected chi connectivity index (χ1v) is 10.8. The van der Waals surface area contributed by atoms with Crippen molar-refractivity contribution in [2.45, 2.75) is 0 Å². The molecule has 0 aliphatic carbocycles. The molecule has 0 bridgehead atoms. The molecule has 0 spiro atoms. The van der Waals surface area contributed by atoms with Gasteiger partial charge in [-0.15, -0.1) is 0 Å². The van der Waals surface area contributed by atoms with E-state index in [4.69, 9.17) is 9.97 Å². The minimum absolute atomic E-state index is 0.741.